The summed E-state index contributed by atoms with van der Waals surface area (Å²) in [6.45, 7) is 4.86. The average Bonchev–Trinajstić information content (AvgIpc) is 2.42. The summed E-state index contributed by atoms with van der Waals surface area (Å²) in [5, 5.41) is 2.91. The van der Waals surface area contributed by atoms with Gasteiger partial charge < -0.3 is 14.8 Å². The number of rotatable bonds is 7. The topological polar surface area (TPSA) is 47.6 Å². The van der Waals surface area contributed by atoms with Gasteiger partial charge in [0.1, 0.15) is 11.5 Å². The minimum Gasteiger partial charge on any atom is -0.496 e. The van der Waals surface area contributed by atoms with Gasteiger partial charge in [-0.3, -0.25) is 4.79 Å². The molecule has 1 amide bonds. The first-order chi connectivity index (χ1) is 9.08. The first-order valence-electron chi connectivity index (χ1n) is 6.55. The standard InChI is InChI=1S/C15H23NO3/c1-11(2)10-16-15(17)9-8-12-13(18-3)6-5-7-14(12)19-4/h5-7,11H,8-10H2,1-4H3,(H,16,17). The van der Waals surface area contributed by atoms with Gasteiger partial charge in [-0.1, -0.05) is 19.9 Å². The molecule has 0 bridgehead atoms. The number of hydrogen-bond acceptors (Lipinski definition) is 3. The van der Waals surface area contributed by atoms with Gasteiger partial charge in [0.2, 0.25) is 5.91 Å². The lowest BCUT2D eigenvalue weighted by atomic mass is 10.1. The van der Waals surface area contributed by atoms with Gasteiger partial charge in [0.05, 0.1) is 14.2 Å². The monoisotopic (exact) mass is 265 g/mol. The molecule has 0 saturated heterocycles. The van der Waals surface area contributed by atoms with Crippen molar-refractivity contribution in [2.24, 2.45) is 5.92 Å². The third-order valence-electron chi connectivity index (χ3n) is 2.84. The van der Waals surface area contributed by atoms with Crippen molar-refractivity contribution in [3.05, 3.63) is 23.8 Å². The van der Waals surface area contributed by atoms with Crippen molar-refractivity contribution in [2.45, 2.75) is 26.7 Å². The van der Waals surface area contributed by atoms with Gasteiger partial charge in [-0.15, -0.1) is 0 Å². The summed E-state index contributed by atoms with van der Waals surface area (Å²) < 4.78 is 10.6. The second-order valence-electron chi connectivity index (χ2n) is 4.84. The van der Waals surface area contributed by atoms with E-state index in [0.29, 0.717) is 25.3 Å². The lowest BCUT2D eigenvalue weighted by Gasteiger charge is -2.13. The van der Waals surface area contributed by atoms with Crippen molar-refractivity contribution in [2.75, 3.05) is 20.8 Å². The lowest BCUT2D eigenvalue weighted by molar-refractivity contribution is -0.121. The molecular weight excluding hydrogens is 242 g/mol. The molecular formula is C15H23NO3. The van der Waals surface area contributed by atoms with E-state index < -0.39 is 0 Å². The Balaban J connectivity index is 2.63. The van der Waals surface area contributed by atoms with Crippen LogP contribution in [0.3, 0.4) is 0 Å². The summed E-state index contributed by atoms with van der Waals surface area (Å²) in [6.07, 6.45) is 1.04. The summed E-state index contributed by atoms with van der Waals surface area (Å²) in [7, 11) is 3.24. The molecule has 106 valence electrons. The van der Waals surface area contributed by atoms with Gasteiger partial charge >= 0.3 is 0 Å². The van der Waals surface area contributed by atoms with Crippen LogP contribution < -0.4 is 14.8 Å². The lowest BCUT2D eigenvalue weighted by Crippen LogP contribution is -2.27. The van der Waals surface area contributed by atoms with E-state index in [-0.39, 0.29) is 5.91 Å². The highest BCUT2D eigenvalue weighted by atomic mass is 16.5. The highest BCUT2D eigenvalue weighted by Crippen LogP contribution is 2.29. The Hall–Kier alpha value is -1.71. The molecule has 0 radical (unpaired) electrons. The van der Waals surface area contributed by atoms with Crippen LogP contribution in [0.2, 0.25) is 0 Å². The number of benzene rings is 1. The van der Waals surface area contributed by atoms with Crippen molar-refractivity contribution in [1.29, 1.82) is 0 Å². The molecule has 0 aliphatic heterocycles. The van der Waals surface area contributed by atoms with Crippen molar-refractivity contribution in [3.63, 3.8) is 0 Å². The van der Waals surface area contributed by atoms with Crippen LogP contribution in [0.15, 0.2) is 18.2 Å². The molecule has 1 aromatic carbocycles. The Kier molecular flexibility index (Phi) is 6.19. The molecule has 1 N–H and O–H groups in total. The van der Waals surface area contributed by atoms with E-state index in [1.54, 1.807) is 14.2 Å². The molecule has 0 heterocycles. The van der Waals surface area contributed by atoms with Crippen LogP contribution in [0.5, 0.6) is 11.5 Å². The third-order valence-corrected chi connectivity index (χ3v) is 2.84. The molecule has 4 heteroatoms. The Morgan fingerprint density at radius 2 is 1.79 bits per heavy atom. The van der Waals surface area contributed by atoms with Gasteiger partial charge in [0.25, 0.3) is 0 Å². The van der Waals surface area contributed by atoms with Crippen molar-refractivity contribution >= 4 is 5.91 Å². The van der Waals surface area contributed by atoms with Crippen molar-refractivity contribution in [1.82, 2.24) is 5.32 Å². The molecule has 19 heavy (non-hydrogen) atoms. The number of amides is 1. The van der Waals surface area contributed by atoms with E-state index in [2.05, 4.69) is 19.2 Å². The number of hydrogen-bond donors (Lipinski definition) is 1. The first-order valence-corrected chi connectivity index (χ1v) is 6.55. The predicted molar refractivity (Wildman–Crippen MR) is 75.7 cm³/mol. The van der Waals surface area contributed by atoms with Gasteiger partial charge in [0, 0.05) is 18.5 Å². The second kappa shape index (κ2) is 7.67. The number of methoxy groups -OCH3 is 2. The SMILES string of the molecule is COc1cccc(OC)c1CCC(=O)NCC(C)C. The summed E-state index contributed by atoms with van der Waals surface area (Å²) in [5.74, 6) is 2.04. The van der Waals surface area contributed by atoms with E-state index in [9.17, 15) is 4.79 Å². The molecule has 0 fully saturated rings. The zero-order valence-electron chi connectivity index (χ0n) is 12.2. The van der Waals surface area contributed by atoms with Gasteiger partial charge in [0.15, 0.2) is 0 Å². The van der Waals surface area contributed by atoms with Crippen LogP contribution >= 0.6 is 0 Å². The Labute approximate surface area is 115 Å². The van der Waals surface area contributed by atoms with E-state index in [1.807, 2.05) is 18.2 Å². The molecule has 0 aromatic heterocycles. The molecule has 0 unspecified atom stereocenters. The summed E-state index contributed by atoms with van der Waals surface area (Å²) in [6, 6.07) is 5.63. The Morgan fingerprint density at radius 3 is 2.26 bits per heavy atom. The maximum atomic E-state index is 11.7. The molecule has 0 spiro atoms. The normalized spacial score (nSPS) is 10.4. The Morgan fingerprint density at radius 1 is 1.21 bits per heavy atom. The van der Waals surface area contributed by atoms with Crippen LogP contribution in [-0.2, 0) is 11.2 Å². The van der Waals surface area contributed by atoms with Crippen LogP contribution in [0.25, 0.3) is 0 Å². The third kappa shape index (κ3) is 4.81. The molecule has 0 atom stereocenters. The van der Waals surface area contributed by atoms with Gasteiger partial charge in [-0.25, -0.2) is 0 Å². The van der Waals surface area contributed by atoms with Crippen LogP contribution in [0.4, 0.5) is 0 Å². The highest BCUT2D eigenvalue weighted by Gasteiger charge is 2.11. The molecule has 0 aliphatic rings. The van der Waals surface area contributed by atoms with E-state index >= 15 is 0 Å². The second-order valence-corrected chi connectivity index (χ2v) is 4.84. The maximum Gasteiger partial charge on any atom is 0.220 e. The van der Waals surface area contributed by atoms with Crippen molar-refractivity contribution < 1.29 is 14.3 Å². The first kappa shape index (κ1) is 15.3. The summed E-state index contributed by atoms with van der Waals surface area (Å²) in [4.78, 5) is 11.7. The number of carbonyl (C=O) groups is 1. The van der Waals surface area contributed by atoms with E-state index in [1.165, 1.54) is 0 Å². The Bertz CT molecular complexity index is 394. The minimum absolute atomic E-state index is 0.0571. The fourth-order valence-electron chi connectivity index (χ4n) is 1.82. The van der Waals surface area contributed by atoms with Gasteiger partial charge in [-0.05, 0) is 24.5 Å². The van der Waals surface area contributed by atoms with Crippen LogP contribution in [0.1, 0.15) is 25.8 Å². The molecule has 1 aromatic rings. The van der Waals surface area contributed by atoms with E-state index in [0.717, 1.165) is 17.1 Å². The fraction of sp³-hybridized carbons (Fsp3) is 0.533. The molecule has 1 rings (SSSR count). The minimum atomic E-state index is 0.0571. The molecule has 0 aliphatic carbocycles. The quantitative estimate of drug-likeness (QED) is 0.823. The van der Waals surface area contributed by atoms with Gasteiger partial charge in [-0.2, -0.15) is 0 Å². The maximum absolute atomic E-state index is 11.7. The molecule has 4 nitrogen and oxygen atoms in total. The zero-order chi connectivity index (χ0) is 14.3. The van der Waals surface area contributed by atoms with Crippen molar-refractivity contribution in [3.8, 4) is 11.5 Å². The number of ether oxygens (including phenoxy) is 2. The molecule has 0 saturated carbocycles. The van der Waals surface area contributed by atoms with Crippen LogP contribution in [0, 0.1) is 5.92 Å². The summed E-state index contributed by atoms with van der Waals surface area (Å²) in [5.41, 5.74) is 0.937. The predicted octanol–water partition coefficient (Wildman–Crippen LogP) is 2.41. The smallest absolute Gasteiger partial charge is 0.220 e. The average molecular weight is 265 g/mol. The zero-order valence-corrected chi connectivity index (χ0v) is 12.2. The number of carbonyl (C=O) groups excluding carboxylic acids is 1. The summed E-state index contributed by atoms with van der Waals surface area (Å²) >= 11 is 0. The largest absolute Gasteiger partial charge is 0.496 e. The van der Waals surface area contributed by atoms with Crippen LogP contribution in [-0.4, -0.2) is 26.7 Å². The van der Waals surface area contributed by atoms with E-state index in [4.69, 9.17) is 9.47 Å². The fourth-order valence-corrected chi connectivity index (χ4v) is 1.82. The number of nitrogens with one attached hydrogen (secondary N) is 1. The highest BCUT2D eigenvalue weighted by molar-refractivity contribution is 5.76.